The van der Waals surface area contributed by atoms with Crippen molar-refractivity contribution in [3.05, 3.63) is 101 Å². The zero-order valence-corrected chi connectivity index (χ0v) is 24.5. The fourth-order valence-corrected chi connectivity index (χ4v) is 5.35. The first kappa shape index (κ1) is 30.1. The van der Waals surface area contributed by atoms with Gasteiger partial charge in [-0.25, -0.2) is 8.42 Å². The minimum Gasteiger partial charge on any atom is -0.350 e. The fourth-order valence-electron chi connectivity index (χ4n) is 4.23. The normalized spacial score (nSPS) is 12.7. The fraction of sp³-hybridized carbons (Fsp3) is 0.355. The number of rotatable bonds is 10. The lowest BCUT2D eigenvalue weighted by Gasteiger charge is -2.35. The number of carbonyl (C=O) groups excluding carboxylic acids is 2. The van der Waals surface area contributed by atoms with Crippen LogP contribution in [0.1, 0.15) is 43.0 Å². The van der Waals surface area contributed by atoms with Gasteiger partial charge < -0.3 is 10.2 Å². The van der Waals surface area contributed by atoms with E-state index < -0.39 is 34.1 Å². The van der Waals surface area contributed by atoms with E-state index in [2.05, 4.69) is 5.32 Å². The van der Waals surface area contributed by atoms with Crippen LogP contribution in [0.25, 0.3) is 0 Å². The van der Waals surface area contributed by atoms with Gasteiger partial charge in [-0.3, -0.25) is 9.59 Å². The van der Waals surface area contributed by atoms with Gasteiger partial charge in [-0.2, -0.15) is 4.31 Å². The summed E-state index contributed by atoms with van der Waals surface area (Å²) in [4.78, 5) is 29.2. The number of benzene rings is 3. The molecule has 7 nitrogen and oxygen atoms in total. The number of aryl methyl sites for hydroxylation is 2. The number of likely N-dealkylation sites (N-methyl/N-ethyl adjacent to an activating group) is 1. The molecule has 0 unspecified atom stereocenters. The van der Waals surface area contributed by atoms with Gasteiger partial charge in [-0.05, 0) is 63.4 Å². The number of hydrogen-bond acceptors (Lipinski definition) is 4. The van der Waals surface area contributed by atoms with Gasteiger partial charge in [0, 0.05) is 25.6 Å². The minimum absolute atomic E-state index is 0.111. The average molecular weight is 550 g/mol. The van der Waals surface area contributed by atoms with Gasteiger partial charge in [0.1, 0.15) is 6.04 Å². The lowest BCUT2D eigenvalue weighted by molar-refractivity contribution is -0.141. The summed E-state index contributed by atoms with van der Waals surface area (Å²) in [6, 6.07) is 22.9. The first-order chi connectivity index (χ1) is 18.3. The molecule has 0 spiro atoms. The lowest BCUT2D eigenvalue weighted by Crippen LogP contribution is -2.56. The molecule has 0 fully saturated rings. The SMILES string of the molecule is Cc1ccc(S(=O)(=O)N(C)CC(=O)N(Cc2ccccc2C)[C@@H](Cc2ccccc2)C(=O)NC(C)(C)C)cc1. The highest BCUT2D eigenvalue weighted by Gasteiger charge is 2.34. The quantitative estimate of drug-likeness (QED) is 0.404. The van der Waals surface area contributed by atoms with E-state index >= 15 is 0 Å². The second kappa shape index (κ2) is 12.6. The van der Waals surface area contributed by atoms with Gasteiger partial charge in [0.15, 0.2) is 0 Å². The molecule has 2 amide bonds. The van der Waals surface area contributed by atoms with Crippen LogP contribution in [-0.2, 0) is 32.6 Å². The van der Waals surface area contributed by atoms with Crippen molar-refractivity contribution in [3.8, 4) is 0 Å². The molecule has 0 radical (unpaired) electrons. The molecule has 0 heterocycles. The molecular weight excluding hydrogens is 510 g/mol. The Morgan fingerprint density at radius 2 is 1.46 bits per heavy atom. The van der Waals surface area contributed by atoms with Crippen LogP contribution in [0.15, 0.2) is 83.8 Å². The topological polar surface area (TPSA) is 86.8 Å². The Labute approximate surface area is 232 Å². The van der Waals surface area contributed by atoms with Crippen molar-refractivity contribution in [2.24, 2.45) is 0 Å². The number of nitrogens with one attached hydrogen (secondary N) is 1. The molecular formula is C31H39N3O4S. The highest BCUT2D eigenvalue weighted by Crippen LogP contribution is 2.20. The molecule has 0 bridgehead atoms. The van der Waals surface area contributed by atoms with Gasteiger partial charge in [0.25, 0.3) is 0 Å². The zero-order chi connectivity index (χ0) is 28.8. The van der Waals surface area contributed by atoms with E-state index in [4.69, 9.17) is 0 Å². The Balaban J connectivity index is 2.00. The minimum atomic E-state index is -3.91. The number of amides is 2. The molecule has 3 aromatic rings. The summed E-state index contributed by atoms with van der Waals surface area (Å²) in [5, 5.41) is 3.03. The van der Waals surface area contributed by atoms with Crippen LogP contribution in [0.3, 0.4) is 0 Å². The zero-order valence-electron chi connectivity index (χ0n) is 23.6. The summed E-state index contributed by atoms with van der Waals surface area (Å²) in [7, 11) is -2.52. The third-order valence-electron chi connectivity index (χ3n) is 6.46. The van der Waals surface area contributed by atoms with Crippen LogP contribution in [-0.4, -0.2) is 54.6 Å². The summed E-state index contributed by atoms with van der Waals surface area (Å²) in [5.74, 6) is -0.751. The summed E-state index contributed by atoms with van der Waals surface area (Å²) in [6.45, 7) is 9.25. The molecule has 208 valence electrons. The Hall–Kier alpha value is -3.49. The Morgan fingerprint density at radius 1 is 0.872 bits per heavy atom. The average Bonchev–Trinajstić information content (AvgIpc) is 2.87. The largest absolute Gasteiger partial charge is 0.350 e. The summed E-state index contributed by atoms with van der Waals surface area (Å²) in [6.07, 6.45) is 0.287. The van der Waals surface area contributed by atoms with Crippen molar-refractivity contribution in [2.75, 3.05) is 13.6 Å². The van der Waals surface area contributed by atoms with Crippen LogP contribution >= 0.6 is 0 Å². The van der Waals surface area contributed by atoms with E-state index in [1.54, 1.807) is 12.1 Å². The van der Waals surface area contributed by atoms with Crippen molar-refractivity contribution in [3.63, 3.8) is 0 Å². The molecule has 8 heteroatoms. The van der Waals surface area contributed by atoms with Gasteiger partial charge in [-0.15, -0.1) is 0 Å². The van der Waals surface area contributed by atoms with E-state index in [0.29, 0.717) is 0 Å². The maximum atomic E-state index is 13.9. The van der Waals surface area contributed by atoms with Gasteiger partial charge >= 0.3 is 0 Å². The molecule has 1 atom stereocenters. The van der Waals surface area contributed by atoms with Crippen molar-refractivity contribution >= 4 is 21.8 Å². The highest BCUT2D eigenvalue weighted by atomic mass is 32.2. The summed E-state index contributed by atoms with van der Waals surface area (Å²) in [5.41, 5.74) is 3.18. The molecule has 0 aliphatic rings. The smallest absolute Gasteiger partial charge is 0.243 e. The maximum absolute atomic E-state index is 13.9. The van der Waals surface area contributed by atoms with Gasteiger partial charge in [-0.1, -0.05) is 72.3 Å². The Morgan fingerprint density at radius 3 is 2.05 bits per heavy atom. The van der Waals surface area contributed by atoms with Crippen LogP contribution < -0.4 is 5.32 Å². The van der Waals surface area contributed by atoms with E-state index in [9.17, 15) is 18.0 Å². The predicted molar refractivity (Wildman–Crippen MR) is 155 cm³/mol. The molecule has 0 aromatic heterocycles. The highest BCUT2D eigenvalue weighted by molar-refractivity contribution is 7.89. The van der Waals surface area contributed by atoms with E-state index in [-0.39, 0.29) is 23.8 Å². The number of nitrogens with zero attached hydrogens (tertiary/aromatic N) is 2. The van der Waals surface area contributed by atoms with Crippen molar-refractivity contribution in [1.82, 2.24) is 14.5 Å². The number of hydrogen-bond donors (Lipinski definition) is 1. The summed E-state index contributed by atoms with van der Waals surface area (Å²) < 4.78 is 27.6. The predicted octanol–water partition coefficient (Wildman–Crippen LogP) is 4.48. The second-order valence-electron chi connectivity index (χ2n) is 11.0. The van der Waals surface area contributed by atoms with E-state index in [1.165, 1.54) is 24.1 Å². The van der Waals surface area contributed by atoms with Crippen molar-refractivity contribution in [1.29, 1.82) is 0 Å². The first-order valence-electron chi connectivity index (χ1n) is 13.0. The number of sulfonamides is 1. The van der Waals surface area contributed by atoms with Crippen molar-refractivity contribution < 1.29 is 18.0 Å². The van der Waals surface area contributed by atoms with E-state index in [1.807, 2.05) is 89.2 Å². The Bertz CT molecular complexity index is 1380. The molecule has 3 rings (SSSR count). The molecule has 39 heavy (non-hydrogen) atoms. The van der Waals surface area contributed by atoms with Crippen LogP contribution in [0.5, 0.6) is 0 Å². The Kier molecular flexibility index (Phi) is 9.69. The second-order valence-corrected chi connectivity index (χ2v) is 13.0. The third kappa shape index (κ3) is 8.25. The molecule has 0 saturated heterocycles. The molecule has 0 aliphatic carbocycles. The maximum Gasteiger partial charge on any atom is 0.243 e. The van der Waals surface area contributed by atoms with Crippen molar-refractivity contribution in [2.45, 2.75) is 64.1 Å². The number of carbonyl (C=O) groups is 2. The van der Waals surface area contributed by atoms with Gasteiger partial charge in [0.05, 0.1) is 11.4 Å². The van der Waals surface area contributed by atoms with Gasteiger partial charge in [0.2, 0.25) is 21.8 Å². The molecule has 0 saturated carbocycles. The van der Waals surface area contributed by atoms with Crippen LogP contribution in [0.2, 0.25) is 0 Å². The first-order valence-corrected chi connectivity index (χ1v) is 14.4. The van der Waals surface area contributed by atoms with E-state index in [0.717, 1.165) is 26.6 Å². The lowest BCUT2D eigenvalue weighted by atomic mass is 10.00. The molecule has 0 aliphatic heterocycles. The van der Waals surface area contributed by atoms with Crippen LogP contribution in [0, 0.1) is 13.8 Å². The standard InChI is InChI=1S/C31H39N3O4S/c1-23-16-18-27(19-17-23)39(37,38)33(6)22-29(35)34(21-26-15-11-10-12-24(26)2)28(30(36)32-31(3,4)5)20-25-13-8-7-9-14-25/h7-19,28H,20-22H2,1-6H3,(H,32,36)/t28-/m0/s1. The molecule has 3 aromatic carbocycles. The monoisotopic (exact) mass is 549 g/mol. The van der Waals surface area contributed by atoms with Crippen LogP contribution in [0.4, 0.5) is 0 Å². The summed E-state index contributed by atoms with van der Waals surface area (Å²) >= 11 is 0. The third-order valence-corrected chi connectivity index (χ3v) is 8.28. The molecule has 1 N–H and O–H groups in total.